The second-order valence-corrected chi connectivity index (χ2v) is 6.89. The third kappa shape index (κ3) is 2.72. The van der Waals surface area contributed by atoms with E-state index in [0.29, 0.717) is 6.04 Å². The number of ether oxygens (including phenoxy) is 1. The van der Waals surface area contributed by atoms with Gasteiger partial charge in [0.15, 0.2) is 0 Å². The molecule has 0 radical (unpaired) electrons. The second-order valence-electron chi connectivity index (χ2n) is 5.98. The fraction of sp³-hybridized carbons (Fsp3) is 0.333. The zero-order chi connectivity index (χ0) is 14.2. The van der Waals surface area contributed by atoms with Crippen LogP contribution in [0.5, 0.6) is 5.75 Å². The highest BCUT2D eigenvalue weighted by atomic mass is 79.9. The number of fused-ring (bicyclic) bond motifs is 2. The lowest BCUT2D eigenvalue weighted by atomic mass is 10.1. The normalized spacial score (nSPS) is 20.1. The summed E-state index contributed by atoms with van der Waals surface area (Å²) in [5.74, 6) is 1.04. The van der Waals surface area contributed by atoms with Gasteiger partial charge in [-0.2, -0.15) is 0 Å². The topological polar surface area (TPSA) is 21.3 Å². The van der Waals surface area contributed by atoms with E-state index in [1.165, 1.54) is 16.7 Å². The molecule has 0 fully saturated rings. The van der Waals surface area contributed by atoms with E-state index < -0.39 is 0 Å². The Labute approximate surface area is 133 Å². The minimum Gasteiger partial charge on any atom is -0.488 e. The quantitative estimate of drug-likeness (QED) is 0.920. The second kappa shape index (κ2) is 5.47. The van der Waals surface area contributed by atoms with Gasteiger partial charge in [0, 0.05) is 23.5 Å². The highest BCUT2D eigenvalue weighted by molar-refractivity contribution is 9.10. The first-order valence-corrected chi connectivity index (χ1v) is 8.32. The minimum atomic E-state index is 0.262. The van der Waals surface area contributed by atoms with Crippen LogP contribution >= 0.6 is 15.9 Å². The maximum absolute atomic E-state index is 6.02. The molecule has 1 atom stereocenters. The first kappa shape index (κ1) is 13.4. The van der Waals surface area contributed by atoms with Crippen molar-refractivity contribution < 1.29 is 4.74 Å². The molecular formula is C18H18BrNO. The third-order valence-corrected chi connectivity index (χ3v) is 4.94. The Balaban J connectivity index is 1.34. The van der Waals surface area contributed by atoms with Crippen LogP contribution in [-0.4, -0.2) is 18.7 Å². The fourth-order valence-electron chi connectivity index (χ4n) is 3.40. The van der Waals surface area contributed by atoms with Crippen LogP contribution in [0.3, 0.4) is 0 Å². The summed E-state index contributed by atoms with van der Waals surface area (Å²) < 4.78 is 7.14. The molecule has 1 aliphatic carbocycles. The number of nitrogens with one attached hydrogen (secondary N) is 1. The van der Waals surface area contributed by atoms with Gasteiger partial charge in [-0.1, -0.05) is 40.2 Å². The van der Waals surface area contributed by atoms with Crippen molar-refractivity contribution in [3.63, 3.8) is 0 Å². The van der Waals surface area contributed by atoms with Crippen molar-refractivity contribution in [1.82, 2.24) is 5.32 Å². The summed E-state index contributed by atoms with van der Waals surface area (Å²) in [5, 5.41) is 3.68. The molecule has 2 nitrogen and oxygen atoms in total. The van der Waals surface area contributed by atoms with Crippen LogP contribution in [0.2, 0.25) is 0 Å². The first-order chi connectivity index (χ1) is 10.3. The van der Waals surface area contributed by atoms with Crippen LogP contribution in [0.25, 0.3) is 0 Å². The van der Waals surface area contributed by atoms with Crippen molar-refractivity contribution in [2.75, 3.05) is 6.54 Å². The van der Waals surface area contributed by atoms with E-state index >= 15 is 0 Å². The SMILES string of the molecule is Brc1ccc2c(c1)CC(CNC1Cc3ccccc3C1)O2. The standard InChI is InChI=1S/C18H18BrNO/c19-15-5-6-18-14(7-15)10-17(21-18)11-20-16-8-12-3-1-2-4-13(12)9-16/h1-7,16-17,20H,8-11H2. The molecule has 1 heterocycles. The Morgan fingerprint density at radius 2 is 1.76 bits per heavy atom. The fourth-order valence-corrected chi connectivity index (χ4v) is 3.81. The summed E-state index contributed by atoms with van der Waals surface area (Å²) in [7, 11) is 0. The van der Waals surface area contributed by atoms with Crippen molar-refractivity contribution in [1.29, 1.82) is 0 Å². The highest BCUT2D eigenvalue weighted by Crippen LogP contribution is 2.31. The lowest BCUT2D eigenvalue weighted by Crippen LogP contribution is -2.37. The monoisotopic (exact) mass is 343 g/mol. The molecule has 0 bridgehead atoms. The molecule has 108 valence electrons. The van der Waals surface area contributed by atoms with E-state index in [1.807, 2.05) is 6.07 Å². The number of rotatable bonds is 3. The van der Waals surface area contributed by atoms with Gasteiger partial charge in [-0.25, -0.2) is 0 Å². The number of hydrogen-bond acceptors (Lipinski definition) is 2. The van der Waals surface area contributed by atoms with E-state index in [0.717, 1.165) is 36.0 Å². The molecule has 0 saturated heterocycles. The predicted molar refractivity (Wildman–Crippen MR) is 87.9 cm³/mol. The van der Waals surface area contributed by atoms with Crippen molar-refractivity contribution in [2.24, 2.45) is 0 Å². The Morgan fingerprint density at radius 1 is 1.00 bits per heavy atom. The molecule has 2 aromatic rings. The zero-order valence-corrected chi connectivity index (χ0v) is 13.4. The Morgan fingerprint density at radius 3 is 2.52 bits per heavy atom. The van der Waals surface area contributed by atoms with Crippen molar-refractivity contribution in [2.45, 2.75) is 31.4 Å². The lowest BCUT2D eigenvalue weighted by molar-refractivity contribution is 0.221. The molecular weight excluding hydrogens is 326 g/mol. The zero-order valence-electron chi connectivity index (χ0n) is 11.8. The summed E-state index contributed by atoms with van der Waals surface area (Å²) in [6.45, 7) is 0.922. The van der Waals surface area contributed by atoms with Gasteiger partial charge in [0.05, 0.1) is 0 Å². The van der Waals surface area contributed by atoms with Gasteiger partial charge in [0.1, 0.15) is 11.9 Å². The van der Waals surface area contributed by atoms with Gasteiger partial charge in [-0.15, -0.1) is 0 Å². The molecule has 0 aromatic heterocycles. The van der Waals surface area contributed by atoms with E-state index in [1.54, 1.807) is 0 Å². The summed E-state index contributed by atoms with van der Waals surface area (Å²) >= 11 is 3.52. The van der Waals surface area contributed by atoms with Gasteiger partial charge in [-0.05, 0) is 47.7 Å². The van der Waals surface area contributed by atoms with Gasteiger partial charge < -0.3 is 10.1 Å². The van der Waals surface area contributed by atoms with Gasteiger partial charge >= 0.3 is 0 Å². The largest absolute Gasteiger partial charge is 0.488 e. The van der Waals surface area contributed by atoms with Crippen LogP contribution in [-0.2, 0) is 19.3 Å². The van der Waals surface area contributed by atoms with E-state index in [4.69, 9.17) is 4.74 Å². The summed E-state index contributed by atoms with van der Waals surface area (Å²) in [6.07, 6.45) is 3.54. The molecule has 2 aromatic carbocycles. The van der Waals surface area contributed by atoms with Crippen LogP contribution in [0.1, 0.15) is 16.7 Å². The molecule has 0 amide bonds. The highest BCUT2D eigenvalue weighted by Gasteiger charge is 2.25. The summed E-state index contributed by atoms with van der Waals surface area (Å²) in [6, 6.07) is 15.6. The molecule has 4 rings (SSSR count). The molecule has 21 heavy (non-hydrogen) atoms. The van der Waals surface area contributed by atoms with Crippen LogP contribution < -0.4 is 10.1 Å². The Kier molecular flexibility index (Phi) is 3.48. The number of halogens is 1. The smallest absolute Gasteiger partial charge is 0.123 e. The van der Waals surface area contributed by atoms with Gasteiger partial charge in [0.25, 0.3) is 0 Å². The molecule has 0 saturated carbocycles. The van der Waals surface area contributed by atoms with Crippen molar-refractivity contribution >= 4 is 15.9 Å². The van der Waals surface area contributed by atoms with Crippen LogP contribution in [0.15, 0.2) is 46.9 Å². The Bertz CT molecular complexity index is 645. The van der Waals surface area contributed by atoms with Crippen LogP contribution in [0, 0.1) is 0 Å². The first-order valence-electron chi connectivity index (χ1n) is 7.53. The molecule has 3 heteroatoms. The molecule has 2 aliphatic rings. The van der Waals surface area contributed by atoms with Crippen LogP contribution in [0.4, 0.5) is 0 Å². The van der Waals surface area contributed by atoms with E-state index in [9.17, 15) is 0 Å². The average molecular weight is 344 g/mol. The summed E-state index contributed by atoms with van der Waals surface area (Å²) in [4.78, 5) is 0. The average Bonchev–Trinajstić information content (AvgIpc) is 3.07. The predicted octanol–water partition coefficient (Wildman–Crippen LogP) is 3.51. The Hall–Kier alpha value is -1.32. The van der Waals surface area contributed by atoms with Gasteiger partial charge in [0.2, 0.25) is 0 Å². The molecule has 1 N–H and O–H groups in total. The molecule has 1 unspecified atom stereocenters. The van der Waals surface area contributed by atoms with Crippen molar-refractivity contribution in [3.8, 4) is 5.75 Å². The van der Waals surface area contributed by atoms with E-state index in [-0.39, 0.29) is 6.10 Å². The number of benzene rings is 2. The maximum Gasteiger partial charge on any atom is 0.123 e. The third-order valence-electron chi connectivity index (χ3n) is 4.45. The molecule has 1 aliphatic heterocycles. The van der Waals surface area contributed by atoms with Gasteiger partial charge in [-0.3, -0.25) is 0 Å². The van der Waals surface area contributed by atoms with Crippen molar-refractivity contribution in [3.05, 3.63) is 63.6 Å². The maximum atomic E-state index is 6.02. The lowest BCUT2D eigenvalue weighted by Gasteiger charge is -2.16. The molecule has 0 spiro atoms. The summed E-state index contributed by atoms with van der Waals surface area (Å²) in [5.41, 5.74) is 4.30. The van der Waals surface area contributed by atoms with E-state index in [2.05, 4.69) is 57.6 Å². The number of hydrogen-bond donors (Lipinski definition) is 1. The minimum absolute atomic E-state index is 0.262.